The highest BCUT2D eigenvalue weighted by Gasteiger charge is 2.04. The normalized spacial score (nSPS) is 10.1. The predicted molar refractivity (Wildman–Crippen MR) is 47.2 cm³/mol. The van der Waals surface area contributed by atoms with E-state index in [-0.39, 0.29) is 11.5 Å². The summed E-state index contributed by atoms with van der Waals surface area (Å²) in [4.78, 5) is 17.7. The monoisotopic (exact) mass is 191 g/mol. The smallest absolute Gasteiger partial charge is 0.246 e. The largest absolute Gasteiger partial charge is 0.349 e. The zero-order valence-electron chi connectivity index (χ0n) is 7.17. The van der Waals surface area contributed by atoms with Crippen molar-refractivity contribution in [3.05, 3.63) is 32.8 Å². The van der Waals surface area contributed by atoms with E-state index < -0.39 is 0 Å². The highest BCUT2D eigenvalue weighted by atomic mass is 16.1. The van der Waals surface area contributed by atoms with Crippen molar-refractivity contribution >= 4 is 11.5 Å². The molecule has 0 saturated heterocycles. The van der Waals surface area contributed by atoms with Crippen molar-refractivity contribution in [1.29, 1.82) is 0 Å². The summed E-state index contributed by atoms with van der Waals surface area (Å²) in [7, 11) is 0. The number of nitrogens with zero attached hydrogens (tertiary/aromatic N) is 6. The van der Waals surface area contributed by atoms with Crippen LogP contribution in [0.15, 0.2) is 16.0 Å². The fourth-order valence-electron chi connectivity index (χ4n) is 1.18. The van der Waals surface area contributed by atoms with Crippen LogP contribution in [0, 0.1) is 6.92 Å². The zero-order chi connectivity index (χ0) is 10.1. The molecule has 0 aliphatic heterocycles. The van der Waals surface area contributed by atoms with Gasteiger partial charge in [0.05, 0.1) is 0 Å². The number of nitrogens with one attached hydrogen (secondary N) is 1. The van der Waals surface area contributed by atoms with Crippen molar-refractivity contribution in [2.24, 2.45) is 5.11 Å². The number of hydrogen-bond donors (Lipinski definition) is 1. The molecule has 0 radical (unpaired) electrons. The van der Waals surface area contributed by atoms with Crippen molar-refractivity contribution in [2.45, 2.75) is 6.92 Å². The molecule has 70 valence electrons. The number of aromatic nitrogens is 4. The minimum Gasteiger partial charge on any atom is -0.246 e. The second-order valence-corrected chi connectivity index (χ2v) is 2.57. The minimum atomic E-state index is -0.363. The zero-order valence-corrected chi connectivity index (χ0v) is 7.17. The Morgan fingerprint density at radius 1 is 1.71 bits per heavy atom. The molecule has 2 rings (SSSR count). The van der Waals surface area contributed by atoms with E-state index in [0.29, 0.717) is 11.5 Å². The maximum atomic E-state index is 11.2. The third-order valence-electron chi connectivity index (χ3n) is 1.70. The molecule has 0 aromatic carbocycles. The summed E-state index contributed by atoms with van der Waals surface area (Å²) in [5, 5.41) is 9.32. The Labute approximate surface area is 76.8 Å². The molecule has 0 spiro atoms. The summed E-state index contributed by atoms with van der Waals surface area (Å²) in [6.45, 7) is 1.63. The number of hydrogen-bond acceptors (Lipinski definition) is 4. The molecule has 0 bridgehead atoms. The van der Waals surface area contributed by atoms with Crippen LogP contribution in [0.4, 0.5) is 5.82 Å². The van der Waals surface area contributed by atoms with Crippen LogP contribution in [-0.2, 0) is 0 Å². The Balaban J connectivity index is 2.86. The van der Waals surface area contributed by atoms with Crippen LogP contribution >= 0.6 is 0 Å². The predicted octanol–water partition coefficient (Wildman–Crippen LogP) is 0.668. The maximum Gasteiger partial charge on any atom is 0.349 e. The van der Waals surface area contributed by atoms with Crippen molar-refractivity contribution < 1.29 is 0 Å². The Morgan fingerprint density at radius 2 is 2.50 bits per heavy atom. The van der Waals surface area contributed by atoms with Gasteiger partial charge < -0.3 is 0 Å². The van der Waals surface area contributed by atoms with Crippen LogP contribution in [0.3, 0.4) is 0 Å². The standard InChI is InChI=1S/C6H5N7O/c1-3-8-4(9-12-7)2-5-10-11-6(14)13(3)5/h2H,1H3,(H,11,14). The Hall–Kier alpha value is -2.34. The lowest BCUT2D eigenvalue weighted by molar-refractivity contribution is 0.934. The Bertz CT molecular complexity index is 588. The average molecular weight is 191 g/mol. The third-order valence-corrected chi connectivity index (χ3v) is 1.70. The summed E-state index contributed by atoms with van der Waals surface area (Å²) in [6.07, 6.45) is 0. The molecule has 2 heterocycles. The van der Waals surface area contributed by atoms with Gasteiger partial charge in [-0.25, -0.2) is 19.3 Å². The molecule has 0 saturated carbocycles. The molecule has 2 aromatic heterocycles. The minimum absolute atomic E-state index is 0.191. The molecule has 1 N–H and O–H groups in total. The first-order valence-electron chi connectivity index (χ1n) is 3.72. The van der Waals surface area contributed by atoms with Gasteiger partial charge in [0.15, 0.2) is 5.65 Å². The summed E-state index contributed by atoms with van der Waals surface area (Å²) < 4.78 is 1.29. The second kappa shape index (κ2) is 2.86. The van der Waals surface area contributed by atoms with Gasteiger partial charge in [-0.15, -0.1) is 0 Å². The van der Waals surface area contributed by atoms with Gasteiger partial charge in [-0.05, 0) is 17.6 Å². The van der Waals surface area contributed by atoms with Crippen LogP contribution in [-0.4, -0.2) is 19.6 Å². The van der Waals surface area contributed by atoms with Crippen LogP contribution in [0.1, 0.15) is 5.82 Å². The Morgan fingerprint density at radius 3 is 3.21 bits per heavy atom. The molecule has 0 atom stereocenters. The fraction of sp³-hybridized carbons (Fsp3) is 0.167. The molecule has 8 heteroatoms. The number of aryl methyl sites for hydroxylation is 1. The fourth-order valence-corrected chi connectivity index (χ4v) is 1.18. The first-order valence-corrected chi connectivity index (χ1v) is 3.72. The van der Waals surface area contributed by atoms with Crippen molar-refractivity contribution in [3.63, 3.8) is 0 Å². The quantitative estimate of drug-likeness (QED) is 0.406. The van der Waals surface area contributed by atoms with Crippen LogP contribution < -0.4 is 5.69 Å². The lowest BCUT2D eigenvalue weighted by Crippen LogP contribution is -2.12. The first-order chi connectivity index (χ1) is 6.72. The van der Waals surface area contributed by atoms with Crippen LogP contribution in [0.5, 0.6) is 0 Å². The van der Waals surface area contributed by atoms with Gasteiger partial charge in [-0.2, -0.15) is 5.10 Å². The number of azide groups is 1. The van der Waals surface area contributed by atoms with Gasteiger partial charge >= 0.3 is 5.69 Å². The van der Waals surface area contributed by atoms with E-state index in [1.807, 2.05) is 0 Å². The number of fused-ring (bicyclic) bond motifs is 1. The van der Waals surface area contributed by atoms with E-state index in [9.17, 15) is 4.79 Å². The average Bonchev–Trinajstić information content (AvgIpc) is 2.48. The molecule has 14 heavy (non-hydrogen) atoms. The summed E-state index contributed by atoms with van der Waals surface area (Å²) in [5.41, 5.74) is 8.23. The molecule has 0 fully saturated rings. The maximum absolute atomic E-state index is 11.2. The van der Waals surface area contributed by atoms with E-state index in [0.717, 1.165) is 0 Å². The van der Waals surface area contributed by atoms with Gasteiger partial charge in [0.1, 0.15) is 11.6 Å². The molecular formula is C6H5N7O. The lowest BCUT2D eigenvalue weighted by Gasteiger charge is -1.96. The van der Waals surface area contributed by atoms with E-state index in [2.05, 4.69) is 25.2 Å². The third kappa shape index (κ3) is 1.10. The molecule has 8 nitrogen and oxygen atoms in total. The molecule has 0 unspecified atom stereocenters. The summed E-state index contributed by atoms with van der Waals surface area (Å²) >= 11 is 0. The highest BCUT2D eigenvalue weighted by molar-refractivity contribution is 5.46. The Kier molecular flexibility index (Phi) is 1.69. The van der Waals surface area contributed by atoms with Gasteiger partial charge in [-0.3, -0.25) is 0 Å². The first kappa shape index (κ1) is 8.27. The lowest BCUT2D eigenvalue weighted by atomic mass is 10.5. The van der Waals surface area contributed by atoms with Gasteiger partial charge in [0.2, 0.25) is 0 Å². The topological polar surface area (TPSA) is 112 Å². The number of aromatic amines is 1. The van der Waals surface area contributed by atoms with Crippen LogP contribution in [0.25, 0.3) is 16.1 Å². The van der Waals surface area contributed by atoms with E-state index in [1.54, 1.807) is 6.92 Å². The van der Waals surface area contributed by atoms with Crippen molar-refractivity contribution in [3.8, 4) is 0 Å². The molecule has 0 aliphatic carbocycles. The van der Waals surface area contributed by atoms with Crippen molar-refractivity contribution in [1.82, 2.24) is 19.6 Å². The van der Waals surface area contributed by atoms with Gasteiger partial charge in [0, 0.05) is 11.0 Å². The van der Waals surface area contributed by atoms with Crippen LogP contribution in [0.2, 0.25) is 0 Å². The summed E-state index contributed by atoms with van der Waals surface area (Å²) in [6, 6.07) is 1.42. The van der Waals surface area contributed by atoms with E-state index in [4.69, 9.17) is 5.53 Å². The molecule has 0 amide bonds. The van der Waals surface area contributed by atoms with Gasteiger partial charge in [-0.1, -0.05) is 0 Å². The summed E-state index contributed by atoms with van der Waals surface area (Å²) in [5.74, 6) is 0.611. The molecule has 0 aliphatic rings. The van der Waals surface area contributed by atoms with Gasteiger partial charge in [0.25, 0.3) is 0 Å². The number of H-pyrrole nitrogens is 1. The van der Waals surface area contributed by atoms with E-state index >= 15 is 0 Å². The van der Waals surface area contributed by atoms with E-state index in [1.165, 1.54) is 10.5 Å². The van der Waals surface area contributed by atoms with Crippen molar-refractivity contribution in [2.75, 3.05) is 0 Å². The second-order valence-electron chi connectivity index (χ2n) is 2.57. The highest BCUT2D eigenvalue weighted by Crippen LogP contribution is 2.10. The SMILES string of the molecule is Cc1nc(N=[N+]=[N-])cc2n[nH]c(=O)n12. The number of rotatable bonds is 1. The molecular weight excluding hydrogens is 186 g/mol. The molecule has 2 aromatic rings.